The maximum Gasteiger partial charge on any atom is 0.258 e. The van der Waals surface area contributed by atoms with E-state index in [1.165, 1.54) is 12.1 Å². The van der Waals surface area contributed by atoms with E-state index in [9.17, 15) is 9.18 Å². The van der Waals surface area contributed by atoms with Crippen LogP contribution in [0.5, 0.6) is 5.75 Å². The number of nitrogens with one attached hydrogen (secondary N) is 1. The van der Waals surface area contributed by atoms with E-state index in [0.717, 1.165) is 31.7 Å². The smallest absolute Gasteiger partial charge is 0.258 e. The summed E-state index contributed by atoms with van der Waals surface area (Å²) in [5, 5.41) is 2.85. The minimum absolute atomic E-state index is 0.0138. The van der Waals surface area contributed by atoms with Crippen molar-refractivity contribution in [3.8, 4) is 5.75 Å². The van der Waals surface area contributed by atoms with Crippen molar-refractivity contribution in [2.24, 2.45) is 0 Å². The second kappa shape index (κ2) is 7.97. The lowest BCUT2D eigenvalue weighted by Crippen LogP contribution is -2.38. The predicted octanol–water partition coefficient (Wildman–Crippen LogP) is 2.75. The molecule has 1 aromatic heterocycles. The number of hydrogen-bond acceptors (Lipinski definition) is 4. The van der Waals surface area contributed by atoms with E-state index in [1.54, 1.807) is 18.4 Å². The molecule has 128 valence electrons. The molecule has 6 heteroatoms. The third-order valence-corrected chi connectivity index (χ3v) is 4.14. The van der Waals surface area contributed by atoms with Crippen LogP contribution in [-0.4, -0.2) is 37.0 Å². The van der Waals surface area contributed by atoms with Crippen molar-refractivity contribution in [3.63, 3.8) is 0 Å². The van der Waals surface area contributed by atoms with E-state index in [2.05, 4.69) is 10.2 Å². The van der Waals surface area contributed by atoms with Crippen molar-refractivity contribution in [2.75, 3.05) is 26.2 Å². The lowest BCUT2D eigenvalue weighted by molar-refractivity contribution is -0.123. The number of rotatable bonds is 7. The Balaban J connectivity index is 1.52. The monoisotopic (exact) mass is 332 g/mol. The minimum atomic E-state index is -0.476. The first-order valence-corrected chi connectivity index (χ1v) is 8.15. The first-order valence-electron chi connectivity index (χ1n) is 8.15. The number of nitrogens with zero attached hydrogens (tertiary/aromatic N) is 1. The van der Waals surface area contributed by atoms with Gasteiger partial charge in [0.15, 0.2) is 18.2 Å². The summed E-state index contributed by atoms with van der Waals surface area (Å²) >= 11 is 0. The second-order valence-electron chi connectivity index (χ2n) is 5.80. The fraction of sp³-hybridized carbons (Fsp3) is 0.389. The van der Waals surface area contributed by atoms with Gasteiger partial charge >= 0.3 is 0 Å². The highest BCUT2D eigenvalue weighted by molar-refractivity contribution is 5.77. The molecule has 1 saturated heterocycles. The van der Waals surface area contributed by atoms with Gasteiger partial charge in [-0.05, 0) is 50.2 Å². The van der Waals surface area contributed by atoms with Crippen LogP contribution in [0.3, 0.4) is 0 Å². The molecule has 1 fully saturated rings. The molecule has 0 spiro atoms. The van der Waals surface area contributed by atoms with Crippen LogP contribution in [-0.2, 0) is 4.79 Å². The van der Waals surface area contributed by atoms with E-state index in [4.69, 9.17) is 9.15 Å². The van der Waals surface area contributed by atoms with Gasteiger partial charge in [-0.25, -0.2) is 4.39 Å². The molecule has 24 heavy (non-hydrogen) atoms. The average Bonchev–Trinajstić information content (AvgIpc) is 3.28. The third kappa shape index (κ3) is 4.14. The molecule has 0 bridgehead atoms. The topological polar surface area (TPSA) is 54.7 Å². The quantitative estimate of drug-likeness (QED) is 0.847. The van der Waals surface area contributed by atoms with Crippen LogP contribution in [0, 0.1) is 5.82 Å². The van der Waals surface area contributed by atoms with Crippen molar-refractivity contribution >= 4 is 5.91 Å². The summed E-state index contributed by atoms with van der Waals surface area (Å²) in [6.45, 7) is 2.21. The summed E-state index contributed by atoms with van der Waals surface area (Å²) < 4.78 is 24.2. The fourth-order valence-corrected chi connectivity index (χ4v) is 2.91. The zero-order valence-electron chi connectivity index (χ0n) is 13.4. The van der Waals surface area contributed by atoms with E-state index in [-0.39, 0.29) is 24.3 Å². The fourth-order valence-electron chi connectivity index (χ4n) is 2.91. The molecule has 5 nitrogen and oxygen atoms in total. The van der Waals surface area contributed by atoms with Crippen LogP contribution in [0.15, 0.2) is 47.1 Å². The summed E-state index contributed by atoms with van der Waals surface area (Å²) in [6, 6.07) is 9.82. The van der Waals surface area contributed by atoms with Crippen LogP contribution in [0.4, 0.5) is 4.39 Å². The number of amides is 1. The first-order chi connectivity index (χ1) is 11.7. The largest absolute Gasteiger partial charge is 0.481 e. The molecule has 1 N–H and O–H groups in total. The molecule has 1 aliphatic rings. The number of para-hydroxylation sites is 1. The van der Waals surface area contributed by atoms with Crippen molar-refractivity contribution < 1.29 is 18.3 Å². The molecular formula is C18H21FN2O3. The average molecular weight is 332 g/mol. The summed E-state index contributed by atoms with van der Waals surface area (Å²) in [5.41, 5.74) is 0. The Labute approximate surface area is 140 Å². The summed E-state index contributed by atoms with van der Waals surface area (Å²) in [7, 11) is 0. The molecule has 2 heterocycles. The van der Waals surface area contributed by atoms with E-state index in [1.807, 2.05) is 12.1 Å². The Morgan fingerprint density at radius 3 is 2.75 bits per heavy atom. The van der Waals surface area contributed by atoms with Gasteiger partial charge < -0.3 is 14.5 Å². The van der Waals surface area contributed by atoms with Crippen LogP contribution in [0.2, 0.25) is 0 Å². The highest BCUT2D eigenvalue weighted by Crippen LogP contribution is 2.24. The normalized spacial score (nSPS) is 16.0. The number of likely N-dealkylation sites (tertiary alicyclic amines) is 1. The number of halogens is 1. The SMILES string of the molecule is O=C(COc1ccccc1F)NC[C@H](c1ccco1)N1CCCC1. The highest BCUT2D eigenvalue weighted by Gasteiger charge is 2.25. The minimum Gasteiger partial charge on any atom is -0.481 e. The van der Waals surface area contributed by atoms with Crippen LogP contribution in [0.1, 0.15) is 24.6 Å². The summed E-state index contributed by atoms with van der Waals surface area (Å²) in [6.07, 6.45) is 3.95. The van der Waals surface area contributed by atoms with Gasteiger partial charge in [0.2, 0.25) is 0 Å². The van der Waals surface area contributed by atoms with E-state index < -0.39 is 5.82 Å². The Morgan fingerprint density at radius 2 is 2.04 bits per heavy atom. The Kier molecular flexibility index (Phi) is 5.48. The second-order valence-corrected chi connectivity index (χ2v) is 5.80. The van der Waals surface area contributed by atoms with Crippen molar-refractivity contribution in [2.45, 2.75) is 18.9 Å². The van der Waals surface area contributed by atoms with Crippen LogP contribution in [0.25, 0.3) is 0 Å². The number of hydrogen-bond donors (Lipinski definition) is 1. The predicted molar refractivity (Wildman–Crippen MR) is 87.2 cm³/mol. The number of ether oxygens (including phenoxy) is 1. The lowest BCUT2D eigenvalue weighted by Gasteiger charge is -2.26. The third-order valence-electron chi connectivity index (χ3n) is 4.14. The lowest BCUT2D eigenvalue weighted by atomic mass is 10.2. The molecule has 1 aromatic carbocycles. The molecular weight excluding hydrogens is 311 g/mol. The number of benzene rings is 1. The zero-order chi connectivity index (χ0) is 16.8. The number of carbonyl (C=O) groups is 1. The standard InChI is InChI=1S/C18H21FN2O3/c19-14-6-1-2-7-16(14)24-13-18(22)20-12-15(17-8-5-11-23-17)21-9-3-4-10-21/h1-2,5-8,11,15H,3-4,9-10,12-13H2,(H,20,22)/t15-/m1/s1. The number of carbonyl (C=O) groups excluding carboxylic acids is 1. The molecule has 2 aromatic rings. The molecule has 1 aliphatic heterocycles. The summed E-state index contributed by atoms with van der Waals surface area (Å²) in [5.74, 6) is 0.159. The Hall–Kier alpha value is -2.34. The Bertz CT molecular complexity index is 654. The van der Waals surface area contributed by atoms with Crippen molar-refractivity contribution in [1.29, 1.82) is 0 Å². The zero-order valence-corrected chi connectivity index (χ0v) is 13.4. The van der Waals surface area contributed by atoms with Gasteiger partial charge in [0.25, 0.3) is 5.91 Å². The van der Waals surface area contributed by atoms with Gasteiger partial charge in [0.1, 0.15) is 5.76 Å². The van der Waals surface area contributed by atoms with Gasteiger partial charge in [-0.2, -0.15) is 0 Å². The van der Waals surface area contributed by atoms with Gasteiger partial charge in [-0.3, -0.25) is 9.69 Å². The van der Waals surface area contributed by atoms with Crippen molar-refractivity contribution in [1.82, 2.24) is 10.2 Å². The number of furan rings is 1. The molecule has 1 amide bonds. The maximum absolute atomic E-state index is 13.5. The van der Waals surface area contributed by atoms with E-state index >= 15 is 0 Å². The molecule has 0 aliphatic carbocycles. The van der Waals surface area contributed by atoms with Gasteiger partial charge in [0, 0.05) is 6.54 Å². The van der Waals surface area contributed by atoms with Crippen LogP contribution < -0.4 is 10.1 Å². The van der Waals surface area contributed by atoms with Gasteiger partial charge in [-0.1, -0.05) is 12.1 Å². The molecule has 3 rings (SSSR count). The maximum atomic E-state index is 13.5. The van der Waals surface area contributed by atoms with Crippen LogP contribution >= 0.6 is 0 Å². The summed E-state index contributed by atoms with van der Waals surface area (Å²) in [4.78, 5) is 14.3. The van der Waals surface area contributed by atoms with Gasteiger partial charge in [0.05, 0.1) is 12.3 Å². The van der Waals surface area contributed by atoms with Crippen molar-refractivity contribution in [3.05, 3.63) is 54.2 Å². The first kappa shape index (κ1) is 16.5. The van der Waals surface area contributed by atoms with Gasteiger partial charge in [-0.15, -0.1) is 0 Å². The molecule has 0 saturated carbocycles. The van der Waals surface area contributed by atoms with E-state index in [0.29, 0.717) is 6.54 Å². The molecule has 0 radical (unpaired) electrons. The highest BCUT2D eigenvalue weighted by atomic mass is 19.1. The molecule has 0 unspecified atom stereocenters. The Morgan fingerprint density at radius 1 is 1.25 bits per heavy atom. The molecule has 1 atom stereocenters.